The predicted molar refractivity (Wildman–Crippen MR) is 117 cm³/mol. The molecule has 0 unspecified atom stereocenters. The van der Waals surface area contributed by atoms with Crippen LogP contribution in [-0.4, -0.2) is 41.8 Å². The molecule has 1 fully saturated rings. The van der Waals surface area contributed by atoms with Crippen LogP contribution in [0.3, 0.4) is 0 Å². The van der Waals surface area contributed by atoms with Crippen LogP contribution in [-0.2, 0) is 25.7 Å². The van der Waals surface area contributed by atoms with Crippen LogP contribution in [0.4, 0.5) is 4.39 Å². The van der Waals surface area contributed by atoms with Crippen molar-refractivity contribution in [3.05, 3.63) is 35.6 Å². The van der Waals surface area contributed by atoms with Crippen molar-refractivity contribution in [2.75, 3.05) is 0 Å². The summed E-state index contributed by atoms with van der Waals surface area (Å²) in [6, 6.07) is 3.89. The van der Waals surface area contributed by atoms with Crippen LogP contribution in [0.1, 0.15) is 57.4 Å². The van der Waals surface area contributed by atoms with Gasteiger partial charge in [-0.1, -0.05) is 31.4 Å². The van der Waals surface area contributed by atoms with Gasteiger partial charge in [-0.15, -0.1) is 0 Å². The molecule has 1 saturated carbocycles. The number of hydrogen-bond donors (Lipinski definition) is 4. The molecule has 1 aliphatic rings. The van der Waals surface area contributed by atoms with Crippen LogP contribution >= 0.6 is 0 Å². The summed E-state index contributed by atoms with van der Waals surface area (Å²) in [5.41, 5.74) is 0.679. The molecule has 1 aromatic rings. The Kier molecular flexibility index (Phi) is 9.97. The van der Waals surface area contributed by atoms with E-state index >= 15 is 0 Å². The van der Waals surface area contributed by atoms with Crippen molar-refractivity contribution in [2.45, 2.75) is 70.5 Å². The second-order valence-electron chi connectivity index (χ2n) is 8.13. The summed E-state index contributed by atoms with van der Waals surface area (Å²) in [6.45, 7) is 1.47. The number of nitrogens with one attached hydrogen (secondary N) is 4. The Hall–Kier alpha value is -3.10. The zero-order valence-corrected chi connectivity index (χ0v) is 18.3. The summed E-state index contributed by atoms with van der Waals surface area (Å²) in [7, 11) is 0. The fourth-order valence-electron chi connectivity index (χ4n) is 3.89. The number of benzene rings is 1. The Balaban J connectivity index is 2.08. The molecule has 32 heavy (non-hydrogen) atoms. The Morgan fingerprint density at radius 3 is 2.31 bits per heavy atom. The minimum absolute atomic E-state index is 0.0150. The van der Waals surface area contributed by atoms with Crippen LogP contribution in [0.2, 0.25) is 0 Å². The third kappa shape index (κ3) is 8.20. The number of halogens is 1. The molecule has 1 aliphatic carbocycles. The minimum Gasteiger partial charge on any atom is -0.350 e. The summed E-state index contributed by atoms with van der Waals surface area (Å²) in [5, 5.41) is 15.1. The lowest BCUT2D eigenvalue weighted by Gasteiger charge is -2.31. The molecule has 0 spiro atoms. The van der Waals surface area contributed by atoms with Gasteiger partial charge in [-0.2, -0.15) is 0 Å². The van der Waals surface area contributed by atoms with Crippen LogP contribution in [0.5, 0.6) is 0 Å². The lowest BCUT2D eigenvalue weighted by atomic mass is 9.83. The molecule has 0 aromatic heterocycles. The van der Waals surface area contributed by atoms with Crippen molar-refractivity contribution in [1.82, 2.24) is 16.0 Å². The number of carbonyl (C=O) groups excluding carboxylic acids is 4. The van der Waals surface area contributed by atoms with Crippen LogP contribution in [0.15, 0.2) is 24.3 Å². The smallest absolute Gasteiger partial charge is 0.243 e. The number of rotatable bonds is 11. The zero-order chi connectivity index (χ0) is 23.5. The lowest BCUT2D eigenvalue weighted by molar-refractivity contribution is -0.133. The monoisotopic (exact) mass is 446 g/mol. The highest BCUT2D eigenvalue weighted by molar-refractivity contribution is 6.26. The average Bonchev–Trinajstić information content (AvgIpc) is 2.79. The summed E-state index contributed by atoms with van der Waals surface area (Å²) < 4.78 is 13.1. The molecular weight excluding hydrogens is 415 g/mol. The van der Waals surface area contributed by atoms with E-state index in [2.05, 4.69) is 16.0 Å². The summed E-state index contributed by atoms with van der Waals surface area (Å²) >= 11 is 0. The summed E-state index contributed by atoms with van der Waals surface area (Å²) in [4.78, 5) is 49.1. The number of hydrogen-bond acceptors (Lipinski definition) is 5. The predicted octanol–water partition coefficient (Wildman–Crippen LogP) is 2.01. The molecule has 0 bridgehead atoms. The minimum atomic E-state index is -1.01. The molecule has 2 rings (SSSR count). The van der Waals surface area contributed by atoms with Crippen molar-refractivity contribution in [3.63, 3.8) is 0 Å². The molecule has 1 aromatic carbocycles. The van der Waals surface area contributed by atoms with Gasteiger partial charge in [0.2, 0.25) is 17.7 Å². The molecule has 0 radical (unpaired) electrons. The Bertz CT molecular complexity index is 822. The standard InChI is InChI=1S/C23H31FN4O4/c1-15(29)27-21(17-5-3-2-4-6-17)23(32)28-20(12-11-19(30)13-25)22(31)26-14-16-7-9-18(24)10-8-16/h7-10,13,17,20-21,25H,2-6,11-12,14H2,1H3,(H,26,31)(H,27,29)(H,28,32)/t20-,21-/m0/s1. The maximum absolute atomic E-state index is 13.1. The van der Waals surface area contributed by atoms with Crippen LogP contribution in [0, 0.1) is 17.1 Å². The van der Waals surface area contributed by atoms with Crippen LogP contribution in [0.25, 0.3) is 0 Å². The fraction of sp³-hybridized carbons (Fsp3) is 0.522. The van der Waals surface area contributed by atoms with Crippen molar-refractivity contribution in [2.24, 2.45) is 5.92 Å². The first-order valence-corrected chi connectivity index (χ1v) is 10.9. The molecule has 4 N–H and O–H groups in total. The van der Waals surface area contributed by atoms with Gasteiger partial charge >= 0.3 is 0 Å². The van der Waals surface area contributed by atoms with Gasteiger partial charge in [0.15, 0.2) is 5.78 Å². The van der Waals surface area contributed by atoms with Gasteiger partial charge in [0.05, 0.1) is 6.21 Å². The van der Waals surface area contributed by atoms with E-state index in [1.54, 1.807) is 0 Å². The maximum Gasteiger partial charge on any atom is 0.243 e. The highest BCUT2D eigenvalue weighted by atomic mass is 19.1. The highest BCUT2D eigenvalue weighted by Crippen LogP contribution is 2.26. The molecule has 9 heteroatoms. The van der Waals surface area contributed by atoms with E-state index < -0.39 is 29.7 Å². The van der Waals surface area contributed by atoms with Gasteiger partial charge in [0.1, 0.15) is 17.9 Å². The number of Topliss-reactive ketones (excluding diaryl/α,β-unsaturated/α-hetero) is 1. The van der Waals surface area contributed by atoms with Gasteiger partial charge in [0.25, 0.3) is 0 Å². The fourth-order valence-corrected chi connectivity index (χ4v) is 3.89. The number of amides is 3. The van der Waals surface area contributed by atoms with Gasteiger partial charge in [-0.3, -0.25) is 19.2 Å². The van der Waals surface area contributed by atoms with Gasteiger partial charge in [-0.25, -0.2) is 4.39 Å². The van der Waals surface area contributed by atoms with Crippen molar-refractivity contribution < 1.29 is 23.6 Å². The largest absolute Gasteiger partial charge is 0.350 e. The normalized spacial score (nSPS) is 15.8. The molecule has 0 heterocycles. The van der Waals surface area contributed by atoms with Crippen molar-refractivity contribution in [3.8, 4) is 0 Å². The Morgan fingerprint density at radius 1 is 1.06 bits per heavy atom. The quantitative estimate of drug-likeness (QED) is 0.388. The van der Waals surface area contributed by atoms with Crippen molar-refractivity contribution >= 4 is 29.7 Å². The lowest BCUT2D eigenvalue weighted by Crippen LogP contribution is -2.56. The second-order valence-corrected chi connectivity index (χ2v) is 8.13. The first kappa shape index (κ1) is 25.2. The highest BCUT2D eigenvalue weighted by Gasteiger charge is 2.32. The molecular formula is C23H31FN4O4. The van der Waals surface area contributed by atoms with E-state index in [-0.39, 0.29) is 37.0 Å². The van der Waals surface area contributed by atoms with E-state index in [4.69, 9.17) is 5.41 Å². The van der Waals surface area contributed by atoms with E-state index in [9.17, 15) is 23.6 Å². The first-order chi connectivity index (χ1) is 15.3. The molecule has 0 saturated heterocycles. The van der Waals surface area contributed by atoms with Gasteiger partial charge in [-0.05, 0) is 42.9 Å². The van der Waals surface area contributed by atoms with E-state index in [1.165, 1.54) is 31.2 Å². The molecule has 174 valence electrons. The first-order valence-electron chi connectivity index (χ1n) is 10.9. The second kappa shape index (κ2) is 12.7. The van der Waals surface area contributed by atoms with E-state index in [1.807, 2.05) is 0 Å². The molecule has 0 aliphatic heterocycles. The van der Waals surface area contributed by atoms with E-state index in [0.29, 0.717) is 11.8 Å². The van der Waals surface area contributed by atoms with E-state index in [0.717, 1.165) is 32.1 Å². The topological polar surface area (TPSA) is 128 Å². The molecule has 2 atom stereocenters. The summed E-state index contributed by atoms with van der Waals surface area (Å²) in [5.74, 6) is -2.14. The number of ketones is 1. The summed E-state index contributed by atoms with van der Waals surface area (Å²) in [6.07, 6.45) is 5.28. The zero-order valence-electron chi connectivity index (χ0n) is 18.3. The maximum atomic E-state index is 13.1. The average molecular weight is 447 g/mol. The van der Waals surface area contributed by atoms with Crippen LogP contribution < -0.4 is 16.0 Å². The molecule has 3 amide bonds. The van der Waals surface area contributed by atoms with Gasteiger partial charge < -0.3 is 21.4 Å². The van der Waals surface area contributed by atoms with Gasteiger partial charge in [0, 0.05) is 19.9 Å². The Morgan fingerprint density at radius 2 is 1.72 bits per heavy atom. The number of carbonyl (C=O) groups is 4. The SMILES string of the molecule is CC(=O)N[C@H](C(=O)N[C@@H](CCC(=O)C=N)C(=O)NCc1ccc(F)cc1)C1CCCCC1. The third-order valence-electron chi connectivity index (χ3n) is 5.62. The Labute approximate surface area is 187 Å². The third-order valence-corrected chi connectivity index (χ3v) is 5.62. The molecule has 8 nitrogen and oxygen atoms in total. The van der Waals surface area contributed by atoms with Crippen molar-refractivity contribution in [1.29, 1.82) is 5.41 Å².